The number of para-hydroxylation sites is 1. The molecule has 2 N–H and O–H groups in total. The first-order chi connectivity index (χ1) is 19.0. The molecule has 2 heterocycles. The minimum absolute atomic E-state index is 0.139. The van der Waals surface area contributed by atoms with Crippen molar-refractivity contribution in [3.8, 4) is 5.69 Å². The number of rotatable bonds is 11. The number of halogens is 1. The maximum absolute atomic E-state index is 12.9. The van der Waals surface area contributed by atoms with Gasteiger partial charge in [-0.15, -0.1) is 21.5 Å². The van der Waals surface area contributed by atoms with Gasteiger partial charge in [0.15, 0.2) is 11.0 Å². The van der Waals surface area contributed by atoms with E-state index in [0.717, 1.165) is 47.2 Å². The maximum atomic E-state index is 12.9. The zero-order chi connectivity index (χ0) is 27.2. The highest BCUT2D eigenvalue weighted by Crippen LogP contribution is 2.39. The van der Waals surface area contributed by atoms with Gasteiger partial charge in [0.2, 0.25) is 5.91 Å². The zero-order valence-corrected chi connectivity index (χ0v) is 25.2. The third-order valence-electron chi connectivity index (χ3n) is 6.22. The first-order valence-corrected chi connectivity index (χ1v) is 15.6. The minimum atomic E-state index is -0.357. The highest BCUT2D eigenvalue weighted by atomic mass is 127. The summed E-state index contributed by atoms with van der Waals surface area (Å²) in [6.45, 7) is 2.60. The summed E-state index contributed by atoms with van der Waals surface area (Å²) in [6.07, 6.45) is 3.09. The molecule has 1 amide bonds. The number of fused-ring (bicyclic) bond motifs is 1. The molecular weight excluding hydrogens is 645 g/mol. The second kappa shape index (κ2) is 13.0. The number of amides is 1. The number of aromatic nitrogens is 3. The summed E-state index contributed by atoms with van der Waals surface area (Å²) < 4.78 is 8.47. The Morgan fingerprint density at radius 3 is 2.67 bits per heavy atom. The number of carbonyl (C=O) groups is 2. The van der Waals surface area contributed by atoms with Crippen molar-refractivity contribution in [1.29, 1.82) is 0 Å². The number of thioether (sulfide) groups is 1. The van der Waals surface area contributed by atoms with Gasteiger partial charge in [0.25, 0.3) is 0 Å². The Bertz CT molecular complexity index is 1450. The van der Waals surface area contributed by atoms with Gasteiger partial charge in [-0.05, 0) is 90.7 Å². The van der Waals surface area contributed by atoms with Crippen LogP contribution in [0, 0.1) is 3.57 Å². The smallest absolute Gasteiger partial charge is 0.341 e. The molecule has 1 aliphatic rings. The summed E-state index contributed by atoms with van der Waals surface area (Å²) in [4.78, 5) is 26.7. The van der Waals surface area contributed by atoms with Gasteiger partial charge in [0.1, 0.15) is 5.00 Å². The fourth-order valence-electron chi connectivity index (χ4n) is 4.43. The van der Waals surface area contributed by atoms with Crippen LogP contribution in [0.1, 0.15) is 46.4 Å². The van der Waals surface area contributed by atoms with E-state index in [2.05, 4.69) is 55.6 Å². The number of aryl methyl sites for hydroxylation is 1. The number of benzene rings is 2. The van der Waals surface area contributed by atoms with E-state index < -0.39 is 0 Å². The standard InChI is InChI=1S/C28H28IN5O3S2/c1-2-37-27(36)25-21-9-6-10-22(21)39-26(25)31-24(35)15-16-38-28-33-32-23(34(28)20-7-4-3-5-8-20)17-30-19-13-11-18(29)12-14-19/h3-5,7-8,11-14,30H,2,6,9-10,15-17H2,1H3,(H,31,35). The Labute approximate surface area is 249 Å². The lowest BCUT2D eigenvalue weighted by Crippen LogP contribution is -2.15. The molecule has 0 atom stereocenters. The number of nitrogens with zero attached hydrogens (tertiary/aromatic N) is 3. The first kappa shape index (κ1) is 27.7. The van der Waals surface area contributed by atoms with Gasteiger partial charge < -0.3 is 15.4 Å². The molecule has 0 fully saturated rings. The quantitative estimate of drug-likeness (QED) is 0.109. The van der Waals surface area contributed by atoms with E-state index in [9.17, 15) is 9.59 Å². The van der Waals surface area contributed by atoms with Gasteiger partial charge in [0, 0.05) is 32.0 Å². The van der Waals surface area contributed by atoms with E-state index >= 15 is 0 Å². The summed E-state index contributed by atoms with van der Waals surface area (Å²) in [5, 5.41) is 16.6. The van der Waals surface area contributed by atoms with Gasteiger partial charge in [-0.3, -0.25) is 9.36 Å². The monoisotopic (exact) mass is 673 g/mol. The maximum Gasteiger partial charge on any atom is 0.341 e. The molecule has 0 bridgehead atoms. The summed E-state index contributed by atoms with van der Waals surface area (Å²) in [7, 11) is 0. The Morgan fingerprint density at radius 2 is 1.90 bits per heavy atom. The molecule has 11 heteroatoms. The Hall–Kier alpha value is -2.90. The average Bonchev–Trinajstić information content (AvgIpc) is 3.64. The van der Waals surface area contributed by atoms with Crippen molar-refractivity contribution in [2.75, 3.05) is 23.0 Å². The molecule has 0 radical (unpaired) electrons. The molecule has 0 aliphatic heterocycles. The summed E-state index contributed by atoms with van der Waals surface area (Å²) in [5.74, 6) is 0.795. The molecule has 2 aromatic carbocycles. The van der Waals surface area contributed by atoms with E-state index in [1.165, 1.54) is 31.5 Å². The van der Waals surface area contributed by atoms with Crippen LogP contribution in [0.15, 0.2) is 59.8 Å². The highest BCUT2D eigenvalue weighted by molar-refractivity contribution is 14.1. The molecule has 1 aliphatic carbocycles. The van der Waals surface area contributed by atoms with Crippen molar-refractivity contribution >= 4 is 68.3 Å². The lowest BCUT2D eigenvalue weighted by atomic mass is 10.1. The molecular formula is C28H28IN5O3S2. The van der Waals surface area contributed by atoms with Crippen molar-refractivity contribution in [1.82, 2.24) is 14.8 Å². The van der Waals surface area contributed by atoms with Gasteiger partial charge in [-0.1, -0.05) is 30.0 Å². The fourth-order valence-corrected chi connectivity index (χ4v) is 6.99. The van der Waals surface area contributed by atoms with Crippen LogP contribution < -0.4 is 10.6 Å². The second-order valence-corrected chi connectivity index (χ2v) is 12.3. The fraction of sp³-hybridized carbons (Fsp3) is 0.286. The second-order valence-electron chi connectivity index (χ2n) is 8.86. The lowest BCUT2D eigenvalue weighted by molar-refractivity contribution is -0.115. The van der Waals surface area contributed by atoms with Crippen molar-refractivity contribution < 1.29 is 14.3 Å². The minimum Gasteiger partial charge on any atom is -0.462 e. The zero-order valence-electron chi connectivity index (χ0n) is 21.4. The van der Waals surface area contributed by atoms with Crippen LogP contribution in [0.2, 0.25) is 0 Å². The van der Waals surface area contributed by atoms with Gasteiger partial charge in [-0.25, -0.2) is 4.79 Å². The topological polar surface area (TPSA) is 98.1 Å². The average molecular weight is 674 g/mol. The Balaban J connectivity index is 1.25. The van der Waals surface area contributed by atoms with E-state index in [-0.39, 0.29) is 18.3 Å². The van der Waals surface area contributed by atoms with Gasteiger partial charge in [0.05, 0.1) is 18.7 Å². The van der Waals surface area contributed by atoms with Crippen LogP contribution in [-0.4, -0.2) is 39.0 Å². The van der Waals surface area contributed by atoms with Crippen LogP contribution in [0.5, 0.6) is 0 Å². The molecule has 39 heavy (non-hydrogen) atoms. The number of anilines is 2. The summed E-state index contributed by atoms with van der Waals surface area (Å²) in [5.41, 5.74) is 3.53. The third-order valence-corrected chi connectivity index (χ3v) is 9.08. The molecule has 4 aromatic rings. The van der Waals surface area contributed by atoms with Gasteiger partial charge >= 0.3 is 5.97 Å². The van der Waals surface area contributed by atoms with Crippen molar-refractivity contribution in [3.63, 3.8) is 0 Å². The molecule has 5 rings (SSSR count). The summed E-state index contributed by atoms with van der Waals surface area (Å²) in [6, 6.07) is 18.1. The van der Waals surface area contributed by atoms with Crippen LogP contribution in [0.4, 0.5) is 10.7 Å². The number of carbonyl (C=O) groups excluding carboxylic acids is 2. The van der Waals surface area contributed by atoms with Crippen molar-refractivity contribution in [2.24, 2.45) is 0 Å². The predicted molar refractivity (Wildman–Crippen MR) is 164 cm³/mol. The normalized spacial score (nSPS) is 12.3. The van der Waals surface area contributed by atoms with Crippen LogP contribution in [0.3, 0.4) is 0 Å². The number of nitrogens with one attached hydrogen (secondary N) is 2. The first-order valence-electron chi connectivity index (χ1n) is 12.8. The molecule has 0 spiro atoms. The van der Waals surface area contributed by atoms with Gasteiger partial charge in [-0.2, -0.15) is 0 Å². The highest BCUT2D eigenvalue weighted by Gasteiger charge is 2.28. The molecule has 0 saturated heterocycles. The number of hydrogen-bond donors (Lipinski definition) is 2. The SMILES string of the molecule is CCOC(=O)c1c(NC(=O)CCSc2nnc(CNc3ccc(I)cc3)n2-c2ccccc2)sc2c1CCC2. The van der Waals surface area contributed by atoms with Crippen molar-refractivity contribution in [2.45, 2.75) is 44.3 Å². The van der Waals surface area contributed by atoms with E-state index in [1.54, 1.807) is 6.92 Å². The van der Waals surface area contributed by atoms with E-state index in [0.29, 0.717) is 29.5 Å². The Morgan fingerprint density at radius 1 is 1.10 bits per heavy atom. The number of thiophene rings is 1. The largest absolute Gasteiger partial charge is 0.462 e. The van der Waals surface area contributed by atoms with E-state index in [4.69, 9.17) is 4.74 Å². The molecule has 202 valence electrons. The van der Waals surface area contributed by atoms with Crippen LogP contribution in [-0.2, 0) is 28.9 Å². The third kappa shape index (κ3) is 6.64. The molecule has 0 unspecified atom stereocenters. The lowest BCUT2D eigenvalue weighted by Gasteiger charge is -2.11. The molecule has 2 aromatic heterocycles. The summed E-state index contributed by atoms with van der Waals surface area (Å²) >= 11 is 5.26. The molecule has 8 nitrogen and oxygen atoms in total. The Kier molecular flexibility index (Phi) is 9.20. The van der Waals surface area contributed by atoms with E-state index in [1.807, 2.05) is 47.0 Å². The number of esters is 1. The number of ether oxygens (including phenoxy) is 1. The predicted octanol–water partition coefficient (Wildman–Crippen LogP) is 6.33. The van der Waals surface area contributed by atoms with Crippen LogP contribution >= 0.6 is 45.7 Å². The van der Waals surface area contributed by atoms with Crippen molar-refractivity contribution in [3.05, 3.63) is 80.0 Å². The number of hydrogen-bond acceptors (Lipinski definition) is 8. The van der Waals surface area contributed by atoms with Crippen LogP contribution in [0.25, 0.3) is 5.69 Å². The molecule has 0 saturated carbocycles.